The second-order valence-corrected chi connectivity index (χ2v) is 6.56. The SMILES string of the molecule is CN.CN.CN.CN.O=C(CCSSc1ccccn1)OC1C(=O)CCC1=O.S. The molecule has 9 nitrogen and oxygen atoms in total. The molecule has 0 spiro atoms. The fraction of sp³-hybridized carbons (Fsp3) is 0.529. The topological polar surface area (TPSA) is 177 Å². The Morgan fingerprint density at radius 1 is 1.03 bits per heavy atom. The van der Waals surface area contributed by atoms with Crippen LogP contribution in [-0.2, 0) is 19.1 Å². The van der Waals surface area contributed by atoms with Crippen LogP contribution < -0.4 is 22.9 Å². The summed E-state index contributed by atoms with van der Waals surface area (Å²) in [5.41, 5.74) is 18.0. The van der Waals surface area contributed by atoms with Crippen molar-refractivity contribution in [3.63, 3.8) is 0 Å². The second kappa shape index (κ2) is 26.9. The third kappa shape index (κ3) is 17.4. The number of hydrogen-bond acceptors (Lipinski definition) is 11. The number of Topliss-reactive ketones (excluding diaryl/α,β-unsaturated/α-hetero) is 2. The maximum Gasteiger partial charge on any atom is 0.307 e. The van der Waals surface area contributed by atoms with Crippen molar-refractivity contribution < 1.29 is 19.1 Å². The van der Waals surface area contributed by atoms with E-state index in [9.17, 15) is 14.4 Å². The lowest BCUT2D eigenvalue weighted by atomic mass is 10.3. The normalized spacial score (nSPS) is 11.6. The van der Waals surface area contributed by atoms with Crippen LogP contribution in [0.15, 0.2) is 29.4 Å². The molecular weight excluding hydrogens is 434 g/mol. The van der Waals surface area contributed by atoms with Crippen LogP contribution in [0.3, 0.4) is 0 Å². The zero-order valence-corrected chi connectivity index (χ0v) is 20.1. The van der Waals surface area contributed by atoms with Gasteiger partial charge < -0.3 is 27.7 Å². The summed E-state index contributed by atoms with van der Waals surface area (Å²) in [4.78, 5) is 38.3. The van der Waals surface area contributed by atoms with Crippen molar-refractivity contribution in [3.8, 4) is 0 Å². The minimum absolute atomic E-state index is 0. The van der Waals surface area contributed by atoms with Crippen LogP contribution in [0.25, 0.3) is 0 Å². The molecule has 0 unspecified atom stereocenters. The molecule has 0 aliphatic heterocycles. The number of rotatable bonds is 6. The molecule has 1 fully saturated rings. The lowest BCUT2D eigenvalue weighted by Crippen LogP contribution is -2.28. The number of pyridine rings is 1. The van der Waals surface area contributed by atoms with Gasteiger partial charge in [-0.15, -0.1) is 0 Å². The van der Waals surface area contributed by atoms with Crippen molar-refractivity contribution >= 4 is 52.6 Å². The number of hydrogen-bond donors (Lipinski definition) is 4. The molecule has 1 aromatic rings. The largest absolute Gasteiger partial charge is 0.446 e. The zero-order valence-electron chi connectivity index (χ0n) is 17.4. The third-order valence-corrected chi connectivity index (χ3v) is 4.89. The molecule has 0 radical (unpaired) electrons. The molecule has 1 aliphatic rings. The van der Waals surface area contributed by atoms with Crippen molar-refractivity contribution in [1.82, 2.24) is 4.98 Å². The van der Waals surface area contributed by atoms with E-state index in [1.54, 1.807) is 6.20 Å². The quantitative estimate of drug-likeness (QED) is 0.197. The van der Waals surface area contributed by atoms with Gasteiger partial charge in [0.25, 0.3) is 0 Å². The average molecular weight is 470 g/mol. The maximum atomic E-state index is 11.5. The van der Waals surface area contributed by atoms with Gasteiger partial charge in [0.15, 0.2) is 11.6 Å². The van der Waals surface area contributed by atoms with Gasteiger partial charge in [-0.25, -0.2) is 4.98 Å². The first-order valence-electron chi connectivity index (χ1n) is 8.43. The monoisotopic (exact) mass is 469 g/mol. The highest BCUT2D eigenvalue weighted by atomic mass is 33.1. The van der Waals surface area contributed by atoms with Crippen LogP contribution >= 0.6 is 35.1 Å². The van der Waals surface area contributed by atoms with Gasteiger partial charge in [0, 0.05) is 24.8 Å². The molecule has 8 N–H and O–H groups in total. The summed E-state index contributed by atoms with van der Waals surface area (Å²) in [5, 5.41) is 0.868. The summed E-state index contributed by atoms with van der Waals surface area (Å²) >= 11 is 0. The summed E-state index contributed by atoms with van der Waals surface area (Å²) in [7, 11) is 8.95. The minimum atomic E-state index is -1.16. The highest BCUT2D eigenvalue weighted by molar-refractivity contribution is 8.76. The molecule has 0 amide bonds. The first kappa shape index (κ1) is 35.3. The number of aromatic nitrogens is 1. The van der Waals surface area contributed by atoms with Crippen molar-refractivity contribution in [1.29, 1.82) is 0 Å². The molecule has 2 rings (SSSR count). The van der Waals surface area contributed by atoms with Crippen LogP contribution in [0.4, 0.5) is 0 Å². The Balaban J connectivity index is -0.000000310. The van der Waals surface area contributed by atoms with Gasteiger partial charge in [0.2, 0.25) is 6.10 Å². The highest BCUT2D eigenvalue weighted by Gasteiger charge is 2.35. The van der Waals surface area contributed by atoms with Crippen LogP contribution in [-0.4, -0.2) is 62.6 Å². The molecule has 0 bridgehead atoms. The molecular formula is C17H35N5O4S3. The van der Waals surface area contributed by atoms with E-state index >= 15 is 0 Å². The molecule has 0 aromatic carbocycles. The fourth-order valence-electron chi connectivity index (χ4n) is 1.63. The van der Waals surface area contributed by atoms with Crippen LogP contribution in [0.1, 0.15) is 19.3 Å². The molecule has 170 valence electrons. The summed E-state index contributed by atoms with van der Waals surface area (Å²) in [5.74, 6) is -0.555. The van der Waals surface area contributed by atoms with Gasteiger partial charge in [-0.3, -0.25) is 14.4 Å². The Hall–Kier alpha value is -1.15. The van der Waals surface area contributed by atoms with Crippen LogP contribution in [0.2, 0.25) is 0 Å². The summed E-state index contributed by atoms with van der Waals surface area (Å²) < 4.78 is 4.91. The van der Waals surface area contributed by atoms with Gasteiger partial charge in [-0.1, -0.05) is 16.9 Å². The number of carbonyl (C=O) groups is 3. The van der Waals surface area contributed by atoms with E-state index in [-0.39, 0.29) is 44.3 Å². The van der Waals surface area contributed by atoms with Gasteiger partial charge in [0.05, 0.1) is 6.42 Å². The Morgan fingerprint density at radius 3 is 2.00 bits per heavy atom. The predicted molar refractivity (Wildman–Crippen MR) is 127 cm³/mol. The Kier molecular flexibility index (Phi) is 32.7. The van der Waals surface area contributed by atoms with Gasteiger partial charge >= 0.3 is 5.97 Å². The van der Waals surface area contributed by atoms with Crippen molar-refractivity contribution in [3.05, 3.63) is 24.4 Å². The van der Waals surface area contributed by atoms with Crippen LogP contribution in [0.5, 0.6) is 0 Å². The van der Waals surface area contributed by atoms with Gasteiger partial charge in [0.1, 0.15) is 5.03 Å². The molecule has 29 heavy (non-hydrogen) atoms. The Labute approximate surface area is 188 Å². The smallest absolute Gasteiger partial charge is 0.307 e. The molecule has 1 aromatic heterocycles. The fourth-order valence-corrected chi connectivity index (χ4v) is 3.48. The van der Waals surface area contributed by atoms with Crippen molar-refractivity contribution in [2.75, 3.05) is 33.9 Å². The van der Waals surface area contributed by atoms with Crippen molar-refractivity contribution in [2.24, 2.45) is 22.9 Å². The van der Waals surface area contributed by atoms with E-state index in [1.165, 1.54) is 49.8 Å². The molecule has 12 heteroatoms. The summed E-state index contributed by atoms with van der Waals surface area (Å²) in [6, 6.07) is 5.61. The lowest BCUT2D eigenvalue weighted by molar-refractivity contribution is -0.157. The van der Waals surface area contributed by atoms with E-state index in [2.05, 4.69) is 27.9 Å². The first-order valence-corrected chi connectivity index (χ1v) is 10.7. The predicted octanol–water partition coefficient (Wildman–Crippen LogP) is 0.468. The number of carbonyl (C=O) groups excluding carboxylic acids is 3. The van der Waals surface area contributed by atoms with Gasteiger partial charge in [-0.05, 0) is 51.1 Å². The molecule has 1 saturated carbocycles. The third-order valence-electron chi connectivity index (χ3n) is 2.62. The number of nitrogens with zero attached hydrogens (tertiary/aromatic N) is 1. The summed E-state index contributed by atoms with van der Waals surface area (Å²) in [6.45, 7) is 0. The lowest BCUT2D eigenvalue weighted by Gasteiger charge is -2.08. The van der Waals surface area contributed by atoms with E-state index in [0.717, 1.165) is 5.03 Å². The minimum Gasteiger partial charge on any atom is -0.446 e. The molecule has 0 saturated heterocycles. The van der Waals surface area contributed by atoms with E-state index in [1.807, 2.05) is 18.2 Å². The molecule has 0 atom stereocenters. The Bertz CT molecular complexity index is 509. The number of ether oxygens (including phenoxy) is 1. The standard InChI is InChI=1S/C13H13NO4S2.4CH5N.H2S/c15-9-4-5-10(16)13(9)18-12(17)6-8-19-20-11-3-1-2-7-14-11;4*1-2;/h1-3,7,13H,4-6,8H2;4*2H2,1H3;1H2. The number of nitrogens with two attached hydrogens (primary N) is 4. The molecule has 1 aliphatic carbocycles. The number of ketones is 2. The Morgan fingerprint density at radius 2 is 1.55 bits per heavy atom. The van der Waals surface area contributed by atoms with Gasteiger partial charge in [-0.2, -0.15) is 13.5 Å². The highest BCUT2D eigenvalue weighted by Crippen LogP contribution is 2.29. The van der Waals surface area contributed by atoms with E-state index in [4.69, 9.17) is 4.74 Å². The van der Waals surface area contributed by atoms with Crippen molar-refractivity contribution in [2.45, 2.75) is 30.4 Å². The maximum absolute atomic E-state index is 11.5. The first-order chi connectivity index (χ1) is 13.7. The second-order valence-electron chi connectivity index (χ2n) is 4.13. The zero-order chi connectivity index (χ0) is 22.4. The van der Waals surface area contributed by atoms with E-state index < -0.39 is 12.1 Å². The van der Waals surface area contributed by atoms with E-state index in [0.29, 0.717) is 5.75 Å². The summed E-state index contributed by atoms with van der Waals surface area (Å²) in [6.07, 6.45) is 1.08. The molecule has 1 heterocycles. The van der Waals surface area contributed by atoms with Crippen LogP contribution in [0, 0.1) is 0 Å². The number of esters is 1. The average Bonchev–Trinajstić information content (AvgIpc) is 3.09.